The van der Waals surface area contributed by atoms with Gasteiger partial charge in [0.15, 0.2) is 0 Å². The van der Waals surface area contributed by atoms with Crippen LogP contribution in [0.3, 0.4) is 0 Å². The molecule has 0 radical (unpaired) electrons. The molecule has 1 atom stereocenters. The Morgan fingerprint density at radius 1 is 1.35 bits per heavy atom. The van der Waals surface area contributed by atoms with Crippen LogP contribution in [0.15, 0.2) is 47.4 Å². The number of nitrogens with one attached hydrogen (secondary N) is 2. The van der Waals surface area contributed by atoms with Crippen LogP contribution in [-0.2, 0) is 6.42 Å². The molecule has 0 spiro atoms. The van der Waals surface area contributed by atoms with Crippen molar-refractivity contribution in [1.82, 2.24) is 10.6 Å². The molecule has 0 saturated carbocycles. The number of hydrogen-bond donors (Lipinski definition) is 2. The van der Waals surface area contributed by atoms with Gasteiger partial charge in [-0.2, -0.15) is 0 Å². The Balaban J connectivity index is 1.71. The van der Waals surface area contributed by atoms with Crippen LogP contribution in [0.4, 0.5) is 0 Å². The zero-order valence-electron chi connectivity index (χ0n) is 12.9. The maximum atomic E-state index is 12.5. The molecule has 2 aromatic carbocycles. The van der Waals surface area contributed by atoms with E-state index in [0.717, 1.165) is 17.9 Å². The third-order valence-corrected chi connectivity index (χ3v) is 5.16. The van der Waals surface area contributed by atoms with E-state index in [1.165, 1.54) is 11.1 Å². The second-order valence-corrected chi connectivity index (χ2v) is 6.80. The Labute approximate surface area is 145 Å². The van der Waals surface area contributed by atoms with E-state index >= 15 is 0 Å². The molecule has 1 amide bonds. The molecule has 2 aromatic rings. The van der Waals surface area contributed by atoms with Crippen LogP contribution in [-0.4, -0.2) is 25.3 Å². The fourth-order valence-corrected chi connectivity index (χ4v) is 3.51. The average molecular weight is 347 g/mol. The number of rotatable bonds is 4. The van der Waals surface area contributed by atoms with Crippen LogP contribution in [0.5, 0.6) is 0 Å². The van der Waals surface area contributed by atoms with Gasteiger partial charge in [0.05, 0.1) is 10.6 Å². The molecule has 0 fully saturated rings. The van der Waals surface area contributed by atoms with Crippen molar-refractivity contribution in [3.05, 3.63) is 64.2 Å². The number of carbonyl (C=O) groups is 1. The number of carbonyl (C=O) groups excluding carboxylic acids is 1. The minimum absolute atomic E-state index is 0.129. The molecular weight excluding hydrogens is 328 g/mol. The lowest BCUT2D eigenvalue weighted by Crippen LogP contribution is -2.38. The first-order valence-electron chi connectivity index (χ1n) is 7.62. The first kappa shape index (κ1) is 16.4. The monoisotopic (exact) mass is 346 g/mol. The van der Waals surface area contributed by atoms with E-state index in [0.29, 0.717) is 17.1 Å². The smallest absolute Gasteiger partial charge is 0.252 e. The van der Waals surface area contributed by atoms with Gasteiger partial charge in [0.25, 0.3) is 5.91 Å². The highest BCUT2D eigenvalue weighted by molar-refractivity contribution is 7.98. The lowest BCUT2D eigenvalue weighted by atomic mass is 9.94. The van der Waals surface area contributed by atoms with Gasteiger partial charge in [-0.05, 0) is 48.5 Å². The molecule has 2 N–H and O–H groups in total. The average Bonchev–Trinajstić information content (AvgIpc) is 2.60. The summed E-state index contributed by atoms with van der Waals surface area (Å²) >= 11 is 7.76. The van der Waals surface area contributed by atoms with E-state index in [1.54, 1.807) is 17.8 Å². The first-order valence-corrected chi connectivity index (χ1v) is 9.22. The van der Waals surface area contributed by atoms with Crippen LogP contribution >= 0.6 is 23.4 Å². The van der Waals surface area contributed by atoms with Crippen molar-refractivity contribution in [1.29, 1.82) is 0 Å². The Bertz CT molecular complexity index is 720. The third-order valence-electron chi connectivity index (χ3n) is 4.10. The number of hydrogen-bond acceptors (Lipinski definition) is 3. The molecular formula is C18H19ClN2OS. The van der Waals surface area contributed by atoms with Crippen molar-refractivity contribution in [2.45, 2.75) is 17.4 Å². The standard InChI is InChI=1S/C18H19ClN2OS/c1-23-13-6-7-16(19)15(10-13)18(22)21-11-17-14-5-3-2-4-12(14)8-9-20-17/h2-7,10,17,20H,8-9,11H2,1H3,(H,21,22). The van der Waals surface area contributed by atoms with Gasteiger partial charge in [-0.25, -0.2) is 0 Å². The SMILES string of the molecule is CSc1ccc(Cl)c(C(=O)NCC2NCCc3ccccc32)c1. The third kappa shape index (κ3) is 3.71. The Kier molecular flexibility index (Phi) is 5.26. The van der Waals surface area contributed by atoms with Crippen molar-refractivity contribution < 1.29 is 4.79 Å². The Morgan fingerprint density at radius 3 is 3.00 bits per heavy atom. The molecule has 23 heavy (non-hydrogen) atoms. The lowest BCUT2D eigenvalue weighted by molar-refractivity contribution is 0.0949. The highest BCUT2D eigenvalue weighted by Crippen LogP contribution is 2.24. The zero-order chi connectivity index (χ0) is 16.2. The van der Waals surface area contributed by atoms with Gasteiger partial charge in [0.2, 0.25) is 0 Å². The van der Waals surface area contributed by atoms with Crippen molar-refractivity contribution >= 4 is 29.3 Å². The van der Waals surface area contributed by atoms with E-state index in [9.17, 15) is 4.79 Å². The molecule has 0 bridgehead atoms. The number of halogens is 1. The van der Waals surface area contributed by atoms with E-state index in [1.807, 2.05) is 24.5 Å². The molecule has 1 heterocycles. The topological polar surface area (TPSA) is 41.1 Å². The fraction of sp³-hybridized carbons (Fsp3) is 0.278. The minimum Gasteiger partial charge on any atom is -0.350 e. The quantitative estimate of drug-likeness (QED) is 0.830. The number of fused-ring (bicyclic) bond motifs is 1. The van der Waals surface area contributed by atoms with Crippen LogP contribution in [0.25, 0.3) is 0 Å². The van der Waals surface area contributed by atoms with Gasteiger partial charge in [0.1, 0.15) is 0 Å². The normalized spacial score (nSPS) is 16.7. The van der Waals surface area contributed by atoms with E-state index in [4.69, 9.17) is 11.6 Å². The second-order valence-electron chi connectivity index (χ2n) is 5.51. The highest BCUT2D eigenvalue weighted by atomic mass is 35.5. The first-order chi connectivity index (χ1) is 11.2. The highest BCUT2D eigenvalue weighted by Gasteiger charge is 2.20. The summed E-state index contributed by atoms with van der Waals surface area (Å²) in [4.78, 5) is 13.5. The molecule has 1 aliphatic heterocycles. The summed E-state index contributed by atoms with van der Waals surface area (Å²) in [6.07, 6.45) is 3.01. The predicted octanol–water partition coefficient (Wildman–Crippen LogP) is 3.68. The molecule has 0 aliphatic carbocycles. The summed E-state index contributed by atoms with van der Waals surface area (Å²) in [5, 5.41) is 6.96. The van der Waals surface area contributed by atoms with Gasteiger partial charge in [0, 0.05) is 17.5 Å². The van der Waals surface area contributed by atoms with Gasteiger partial charge in [-0.15, -0.1) is 11.8 Å². The summed E-state index contributed by atoms with van der Waals surface area (Å²) < 4.78 is 0. The van der Waals surface area contributed by atoms with Gasteiger partial charge in [-0.3, -0.25) is 4.79 Å². The Morgan fingerprint density at radius 2 is 2.17 bits per heavy atom. The fourth-order valence-electron chi connectivity index (χ4n) is 2.87. The number of benzene rings is 2. The molecule has 0 saturated heterocycles. The molecule has 1 unspecified atom stereocenters. The summed E-state index contributed by atoms with van der Waals surface area (Å²) in [6.45, 7) is 1.48. The maximum Gasteiger partial charge on any atom is 0.252 e. The van der Waals surface area contributed by atoms with Gasteiger partial charge in [-0.1, -0.05) is 35.9 Å². The zero-order valence-corrected chi connectivity index (χ0v) is 14.5. The largest absolute Gasteiger partial charge is 0.350 e. The van der Waals surface area contributed by atoms with Crippen LogP contribution in [0.1, 0.15) is 27.5 Å². The molecule has 1 aliphatic rings. The van der Waals surface area contributed by atoms with Crippen LogP contribution in [0.2, 0.25) is 5.02 Å². The number of thioether (sulfide) groups is 1. The molecule has 3 nitrogen and oxygen atoms in total. The molecule has 0 aromatic heterocycles. The van der Waals surface area contributed by atoms with E-state index < -0.39 is 0 Å². The summed E-state index contributed by atoms with van der Waals surface area (Å²) in [5.41, 5.74) is 3.15. The molecule has 5 heteroatoms. The van der Waals surface area contributed by atoms with E-state index in [-0.39, 0.29) is 11.9 Å². The maximum absolute atomic E-state index is 12.5. The second kappa shape index (κ2) is 7.39. The molecule has 120 valence electrons. The Hall–Kier alpha value is -1.49. The van der Waals surface area contributed by atoms with Crippen molar-refractivity contribution in [3.8, 4) is 0 Å². The number of amides is 1. The predicted molar refractivity (Wildman–Crippen MR) is 96.5 cm³/mol. The van der Waals surface area contributed by atoms with Crippen molar-refractivity contribution in [2.75, 3.05) is 19.3 Å². The van der Waals surface area contributed by atoms with Crippen LogP contribution in [0, 0.1) is 0 Å². The summed E-state index contributed by atoms with van der Waals surface area (Å²) in [6, 6.07) is 14.1. The lowest BCUT2D eigenvalue weighted by Gasteiger charge is -2.27. The summed E-state index contributed by atoms with van der Waals surface area (Å²) in [7, 11) is 0. The van der Waals surface area contributed by atoms with E-state index in [2.05, 4.69) is 28.8 Å². The van der Waals surface area contributed by atoms with Gasteiger partial charge >= 0.3 is 0 Å². The van der Waals surface area contributed by atoms with Crippen molar-refractivity contribution in [2.24, 2.45) is 0 Å². The van der Waals surface area contributed by atoms with Gasteiger partial charge < -0.3 is 10.6 Å². The van der Waals surface area contributed by atoms with Crippen LogP contribution < -0.4 is 10.6 Å². The van der Waals surface area contributed by atoms with Crippen molar-refractivity contribution in [3.63, 3.8) is 0 Å². The minimum atomic E-state index is -0.129. The summed E-state index contributed by atoms with van der Waals surface area (Å²) in [5.74, 6) is -0.129. The molecule has 3 rings (SSSR count).